The molecule has 3 unspecified atom stereocenters. The predicted octanol–water partition coefficient (Wildman–Crippen LogP) is 2.58. The first kappa shape index (κ1) is 19.5. The van der Waals surface area contributed by atoms with Crippen molar-refractivity contribution in [3.8, 4) is 0 Å². The summed E-state index contributed by atoms with van der Waals surface area (Å²) in [6.07, 6.45) is 10.1. The van der Waals surface area contributed by atoms with E-state index in [4.69, 9.17) is 5.10 Å². The van der Waals surface area contributed by atoms with Gasteiger partial charge in [0.2, 0.25) is 0 Å². The summed E-state index contributed by atoms with van der Waals surface area (Å²) >= 11 is 0. The van der Waals surface area contributed by atoms with Gasteiger partial charge in [0.1, 0.15) is 0 Å². The van der Waals surface area contributed by atoms with E-state index in [1.165, 1.54) is 0 Å². The molecule has 1 fully saturated rings. The van der Waals surface area contributed by atoms with Gasteiger partial charge in [-0.1, -0.05) is 14.7 Å². The number of aromatic nitrogens is 3. The number of hydrogen-bond donors (Lipinski definition) is 0. The van der Waals surface area contributed by atoms with E-state index in [0.29, 0.717) is 14.6 Å². The van der Waals surface area contributed by atoms with Gasteiger partial charge >= 0.3 is 0 Å². The van der Waals surface area contributed by atoms with Crippen LogP contribution in [0.1, 0.15) is 24.0 Å². The van der Waals surface area contributed by atoms with E-state index in [1.807, 2.05) is 41.7 Å². The Hall–Kier alpha value is -2.50. The summed E-state index contributed by atoms with van der Waals surface area (Å²) in [5.74, 6) is 0.0952. The maximum Gasteiger partial charge on any atom is 0.252 e. The molecule has 8 heteroatoms. The molecule has 3 atom stereocenters. The van der Waals surface area contributed by atoms with Crippen LogP contribution < -0.4 is 0 Å². The van der Waals surface area contributed by atoms with Crippen molar-refractivity contribution in [2.24, 2.45) is 0 Å². The number of aryl methyl sites for hydroxylation is 2. The van der Waals surface area contributed by atoms with Gasteiger partial charge in [-0.15, -0.1) is 0 Å². The second-order valence-electron chi connectivity index (χ2n) is 8.41. The number of rotatable bonds is 2. The first-order chi connectivity index (χ1) is 14.4. The zero-order valence-corrected chi connectivity index (χ0v) is 18.8. The Morgan fingerprint density at radius 1 is 1.23 bits per heavy atom. The third-order valence-electron chi connectivity index (χ3n) is 6.21. The molecule has 5 rings (SSSR count). The molecule has 0 saturated carbocycles. The molecule has 3 aliphatic heterocycles. The molecular weight excluding hydrogens is 395 g/mol. The zero-order chi connectivity index (χ0) is 21.0. The number of allylic oxidation sites excluding steroid dienone is 1. The first-order valence-electron chi connectivity index (χ1n) is 10.4. The van der Waals surface area contributed by atoms with Gasteiger partial charge in [0.05, 0.1) is 40.3 Å². The largest absolute Gasteiger partial charge is 0.368 e. The van der Waals surface area contributed by atoms with Crippen molar-refractivity contribution >= 4 is 25.3 Å². The Morgan fingerprint density at radius 2 is 2.07 bits per heavy atom. The molecular formula is C22H27N6OP. The highest BCUT2D eigenvalue weighted by Gasteiger charge is 2.31. The van der Waals surface area contributed by atoms with Crippen molar-refractivity contribution in [3.63, 3.8) is 0 Å². The Labute approximate surface area is 178 Å². The highest BCUT2D eigenvalue weighted by molar-refractivity contribution is 7.51. The lowest BCUT2D eigenvalue weighted by atomic mass is 10.1. The Kier molecular flexibility index (Phi) is 4.75. The van der Waals surface area contributed by atoms with Gasteiger partial charge in [0.25, 0.3) is 5.91 Å². The molecule has 156 valence electrons. The fraction of sp³-hybridized carbons (Fsp3) is 0.409. The Balaban J connectivity index is 1.41. The maximum absolute atomic E-state index is 13.0. The third-order valence-corrected chi connectivity index (χ3v) is 7.68. The summed E-state index contributed by atoms with van der Waals surface area (Å²) < 4.78 is 1.87. The van der Waals surface area contributed by atoms with Crippen molar-refractivity contribution in [1.82, 2.24) is 29.3 Å². The van der Waals surface area contributed by atoms with Crippen molar-refractivity contribution in [2.75, 3.05) is 26.7 Å². The highest BCUT2D eigenvalue weighted by Crippen LogP contribution is 2.44. The molecule has 2 aromatic rings. The maximum atomic E-state index is 13.0. The van der Waals surface area contributed by atoms with Gasteiger partial charge in [-0.25, -0.2) is 4.52 Å². The summed E-state index contributed by atoms with van der Waals surface area (Å²) in [5, 5.41) is 5.74. The fourth-order valence-corrected chi connectivity index (χ4v) is 5.63. The molecule has 0 radical (unpaired) electrons. The summed E-state index contributed by atoms with van der Waals surface area (Å²) in [7, 11) is 2.64. The van der Waals surface area contributed by atoms with Crippen molar-refractivity contribution in [3.05, 3.63) is 59.5 Å². The van der Waals surface area contributed by atoms with Crippen molar-refractivity contribution < 1.29 is 4.79 Å². The van der Waals surface area contributed by atoms with Crippen LogP contribution in [0.4, 0.5) is 0 Å². The van der Waals surface area contributed by atoms with E-state index in [9.17, 15) is 4.79 Å². The molecule has 0 aliphatic carbocycles. The van der Waals surface area contributed by atoms with E-state index in [-0.39, 0.29) is 11.7 Å². The summed E-state index contributed by atoms with van der Waals surface area (Å²) in [4.78, 5) is 24.2. The van der Waals surface area contributed by atoms with Gasteiger partial charge in [-0.05, 0) is 40.0 Å². The van der Waals surface area contributed by atoms with Crippen LogP contribution in [0, 0.1) is 13.8 Å². The van der Waals surface area contributed by atoms with E-state index >= 15 is 0 Å². The number of fused-ring (bicyclic) bond motifs is 2. The van der Waals surface area contributed by atoms with Crippen LogP contribution in [0.25, 0.3) is 10.8 Å². The SMILES string of the molecule is Cc1cn2nc(C3=CC(=O)N4C=C(N5CCN(C)C(C)C5)C=CC4P3)cc2c(C)n1. The number of hydrogen-bond acceptors (Lipinski definition) is 5. The smallest absolute Gasteiger partial charge is 0.252 e. The summed E-state index contributed by atoms with van der Waals surface area (Å²) in [5.41, 5.74) is 4.87. The quantitative estimate of drug-likeness (QED) is 0.697. The monoisotopic (exact) mass is 422 g/mol. The summed E-state index contributed by atoms with van der Waals surface area (Å²) in [6.45, 7) is 9.22. The van der Waals surface area contributed by atoms with Gasteiger partial charge in [-0.3, -0.25) is 9.78 Å². The number of nitrogens with zero attached hydrogens (tertiary/aromatic N) is 6. The van der Waals surface area contributed by atoms with E-state index < -0.39 is 0 Å². The van der Waals surface area contributed by atoms with Crippen LogP contribution in [0.15, 0.2) is 42.4 Å². The highest BCUT2D eigenvalue weighted by atomic mass is 31.1. The summed E-state index contributed by atoms with van der Waals surface area (Å²) in [6, 6.07) is 2.55. The molecule has 2 aromatic heterocycles. The van der Waals surface area contributed by atoms with Crippen LogP contribution in [0.5, 0.6) is 0 Å². The fourth-order valence-electron chi connectivity index (χ4n) is 4.31. The Morgan fingerprint density at radius 3 is 2.87 bits per heavy atom. The lowest BCUT2D eigenvalue weighted by Gasteiger charge is -2.42. The molecule has 5 heterocycles. The van der Waals surface area contributed by atoms with Crippen LogP contribution in [-0.4, -0.2) is 73.7 Å². The standard InChI is InChI=1S/C22H27N6OP/c1-14-11-28-19(16(3)23-14)9-18(24-28)20-10-21(29)27-13-17(5-6-22(27)30-20)26-8-7-25(4)15(2)12-26/h5-6,9-11,13,15,22,30H,7-8,12H2,1-4H3. The molecule has 1 saturated heterocycles. The molecule has 0 N–H and O–H groups in total. The lowest BCUT2D eigenvalue weighted by Crippen LogP contribution is -2.50. The molecule has 7 nitrogen and oxygen atoms in total. The van der Waals surface area contributed by atoms with E-state index in [0.717, 1.165) is 53.2 Å². The zero-order valence-electron chi connectivity index (χ0n) is 17.8. The van der Waals surface area contributed by atoms with Gasteiger partial charge in [0, 0.05) is 43.3 Å². The molecule has 30 heavy (non-hydrogen) atoms. The number of amides is 1. The van der Waals surface area contributed by atoms with Crippen LogP contribution >= 0.6 is 8.58 Å². The van der Waals surface area contributed by atoms with Crippen molar-refractivity contribution in [2.45, 2.75) is 32.6 Å². The molecule has 0 bridgehead atoms. The van der Waals surface area contributed by atoms with Gasteiger partial charge < -0.3 is 14.7 Å². The van der Waals surface area contributed by atoms with Gasteiger partial charge in [0.15, 0.2) is 0 Å². The normalized spacial score (nSPS) is 25.7. The van der Waals surface area contributed by atoms with E-state index in [1.54, 1.807) is 6.08 Å². The predicted molar refractivity (Wildman–Crippen MR) is 120 cm³/mol. The van der Waals surface area contributed by atoms with Crippen molar-refractivity contribution in [1.29, 1.82) is 0 Å². The van der Waals surface area contributed by atoms with Crippen LogP contribution in [0.2, 0.25) is 0 Å². The minimum atomic E-state index is 0.0286. The molecule has 3 aliphatic rings. The number of likely N-dealkylation sites (N-methyl/N-ethyl adjacent to an activating group) is 1. The second kappa shape index (κ2) is 7.33. The van der Waals surface area contributed by atoms with E-state index in [2.05, 4.69) is 40.9 Å². The molecule has 0 aromatic carbocycles. The third kappa shape index (κ3) is 3.36. The molecule has 1 amide bonds. The Bertz CT molecular complexity index is 1120. The number of carbonyl (C=O) groups is 1. The van der Waals surface area contributed by atoms with Gasteiger partial charge in [-0.2, -0.15) is 5.10 Å². The second-order valence-corrected chi connectivity index (χ2v) is 9.83. The minimum Gasteiger partial charge on any atom is -0.368 e. The van der Waals surface area contributed by atoms with Crippen LogP contribution in [0.3, 0.4) is 0 Å². The molecule has 0 spiro atoms. The van der Waals surface area contributed by atoms with Crippen LogP contribution in [-0.2, 0) is 4.79 Å². The average Bonchev–Trinajstić information content (AvgIpc) is 3.14. The first-order valence-corrected chi connectivity index (χ1v) is 11.5. The number of piperazine rings is 1. The topological polar surface area (TPSA) is 57.0 Å². The minimum absolute atomic E-state index is 0.0286. The average molecular weight is 422 g/mol. The lowest BCUT2D eigenvalue weighted by molar-refractivity contribution is -0.123. The number of carbonyl (C=O) groups excluding carboxylic acids is 1.